The monoisotopic (exact) mass is 587 g/mol. The third kappa shape index (κ3) is 3.43. The summed E-state index contributed by atoms with van der Waals surface area (Å²) in [7, 11) is 0. The van der Waals surface area contributed by atoms with Crippen molar-refractivity contribution in [3.05, 3.63) is 0 Å². The van der Waals surface area contributed by atoms with Gasteiger partial charge in [0.1, 0.15) is 0 Å². The summed E-state index contributed by atoms with van der Waals surface area (Å²) in [5.74, 6) is 0.611. The number of aliphatic carboxylic acids is 1. The molecular weight excluding hydrogens is 534 g/mol. The normalized spacial score (nSPS) is 56.7. The molecule has 8 heteroatoms. The van der Waals surface area contributed by atoms with Crippen LogP contribution < -0.4 is 0 Å². The smallest absolute Gasteiger partial charge is 0.332 e. The summed E-state index contributed by atoms with van der Waals surface area (Å²) in [6.45, 7) is 16.1. The molecule has 13 unspecified atom stereocenters. The highest BCUT2D eigenvalue weighted by Crippen LogP contribution is 2.89. The molecule has 3 saturated heterocycles. The summed E-state index contributed by atoms with van der Waals surface area (Å²) >= 11 is 0. The van der Waals surface area contributed by atoms with Gasteiger partial charge < -0.3 is 29.2 Å². The zero-order valence-corrected chi connectivity index (χ0v) is 26.3. The van der Waals surface area contributed by atoms with Gasteiger partial charge in [0.25, 0.3) is 0 Å². The number of fused-ring (bicyclic) bond motifs is 4. The predicted octanol–water partition coefficient (Wildman–Crippen LogP) is 4.33. The molecule has 3 heterocycles. The van der Waals surface area contributed by atoms with E-state index in [1.165, 1.54) is 25.7 Å². The predicted molar refractivity (Wildman–Crippen MR) is 155 cm³/mol. The van der Waals surface area contributed by atoms with Gasteiger partial charge in [0.15, 0.2) is 12.4 Å². The molecule has 8 nitrogen and oxygen atoms in total. The minimum Gasteiger partial charge on any atom is -0.479 e. The van der Waals surface area contributed by atoms with Gasteiger partial charge in [-0.05, 0) is 96.7 Å². The molecule has 5 aliphatic carbocycles. The van der Waals surface area contributed by atoms with E-state index in [0.717, 1.165) is 52.2 Å². The summed E-state index contributed by atoms with van der Waals surface area (Å²) in [5.41, 5.74) is 0.361. The first-order valence-corrected chi connectivity index (χ1v) is 17.0. The second kappa shape index (κ2) is 9.16. The van der Waals surface area contributed by atoms with Crippen LogP contribution >= 0.6 is 0 Å². The van der Waals surface area contributed by atoms with Gasteiger partial charge in [-0.1, -0.05) is 34.6 Å². The molecule has 8 rings (SSSR count). The Morgan fingerprint density at radius 1 is 1.00 bits per heavy atom. The van der Waals surface area contributed by atoms with Crippen LogP contribution in [-0.4, -0.2) is 90.7 Å². The topological polar surface area (TPSA) is 97.7 Å². The molecule has 8 aliphatic rings. The molecule has 3 aliphatic heterocycles. The lowest BCUT2D eigenvalue weighted by Gasteiger charge is -2.64. The van der Waals surface area contributed by atoms with Gasteiger partial charge in [-0.3, -0.25) is 4.90 Å². The molecule has 0 aromatic heterocycles. The number of hydrogen-bond acceptors (Lipinski definition) is 7. The van der Waals surface area contributed by atoms with Crippen LogP contribution in [0, 0.1) is 50.7 Å². The number of aliphatic hydroxyl groups excluding tert-OH is 1. The summed E-state index contributed by atoms with van der Waals surface area (Å²) in [6.07, 6.45) is 6.99. The van der Waals surface area contributed by atoms with Crippen LogP contribution in [0.4, 0.5) is 0 Å². The fourth-order valence-electron chi connectivity index (χ4n) is 13.3. The highest BCUT2D eigenvalue weighted by Gasteiger charge is 2.84. The standard InChI is InChI=1S/C34H53NO7/c1-19-14-21(29(37)38)41-27-26(19)31(4)10-11-34-18-33(34)9-8-24(42-25-15-35(12-13-40-25)20-16-39-17-20)30(2,3)22(33)6-7-23(34)32(31,5)28(27)36/h19-28,36H,6-18H2,1-5H3,(H,37,38). The largest absolute Gasteiger partial charge is 0.479 e. The average molecular weight is 588 g/mol. The van der Waals surface area contributed by atoms with Crippen LogP contribution in [-0.2, 0) is 23.7 Å². The summed E-state index contributed by atoms with van der Waals surface area (Å²) in [4.78, 5) is 14.4. The van der Waals surface area contributed by atoms with Gasteiger partial charge >= 0.3 is 5.97 Å². The van der Waals surface area contributed by atoms with E-state index < -0.39 is 18.2 Å². The minimum absolute atomic E-state index is 0.0436. The van der Waals surface area contributed by atoms with Crippen molar-refractivity contribution in [1.29, 1.82) is 0 Å². The Morgan fingerprint density at radius 2 is 1.74 bits per heavy atom. The van der Waals surface area contributed by atoms with Crippen molar-refractivity contribution in [2.24, 2.45) is 50.7 Å². The average Bonchev–Trinajstić information content (AvgIpc) is 3.54. The second-order valence-electron chi connectivity index (χ2n) is 17.0. The summed E-state index contributed by atoms with van der Waals surface area (Å²) in [6, 6.07) is 0.515. The van der Waals surface area contributed by atoms with Gasteiger partial charge in [0, 0.05) is 12.0 Å². The van der Waals surface area contributed by atoms with Crippen molar-refractivity contribution in [2.45, 2.75) is 123 Å². The first-order chi connectivity index (χ1) is 19.9. The van der Waals surface area contributed by atoms with E-state index in [4.69, 9.17) is 18.9 Å². The molecule has 0 aromatic carbocycles. The number of rotatable bonds is 4. The number of morpholine rings is 1. The SMILES string of the molecule is CC1CC(C(=O)O)OC2C1C1(C)CCC34CC35CCC(OC3CN(C6COC6)CCO3)C(C)(C)C5CCC4C1(C)C2O. The zero-order chi connectivity index (χ0) is 29.4. The van der Waals surface area contributed by atoms with Gasteiger partial charge in [0.05, 0.1) is 50.7 Å². The van der Waals surface area contributed by atoms with Crippen molar-refractivity contribution in [2.75, 3.05) is 32.9 Å². The van der Waals surface area contributed by atoms with Gasteiger partial charge in [-0.2, -0.15) is 0 Å². The van der Waals surface area contributed by atoms with Crippen LogP contribution in [0.15, 0.2) is 0 Å². The molecule has 5 saturated carbocycles. The fraction of sp³-hybridized carbons (Fsp3) is 0.971. The van der Waals surface area contributed by atoms with E-state index in [0.29, 0.717) is 29.7 Å². The van der Waals surface area contributed by atoms with E-state index in [9.17, 15) is 15.0 Å². The highest BCUT2D eigenvalue weighted by molar-refractivity contribution is 5.72. The molecule has 0 aromatic rings. The van der Waals surface area contributed by atoms with E-state index in [1.807, 2.05) is 0 Å². The van der Waals surface area contributed by atoms with Crippen LogP contribution in [0.5, 0.6) is 0 Å². The number of ether oxygens (including phenoxy) is 4. The van der Waals surface area contributed by atoms with Crippen LogP contribution in [0.3, 0.4) is 0 Å². The maximum Gasteiger partial charge on any atom is 0.332 e. The number of hydrogen-bond donors (Lipinski definition) is 2. The van der Waals surface area contributed by atoms with E-state index >= 15 is 0 Å². The Morgan fingerprint density at radius 3 is 2.45 bits per heavy atom. The lowest BCUT2D eigenvalue weighted by molar-refractivity contribution is -0.256. The lowest BCUT2D eigenvalue weighted by atomic mass is 9.41. The van der Waals surface area contributed by atoms with Crippen molar-refractivity contribution < 1.29 is 34.0 Å². The molecule has 8 fully saturated rings. The summed E-state index contributed by atoms with van der Waals surface area (Å²) in [5, 5.41) is 22.0. The first kappa shape index (κ1) is 28.7. The van der Waals surface area contributed by atoms with E-state index in [-0.39, 0.29) is 52.0 Å². The Hall–Kier alpha value is -0.770. The van der Waals surface area contributed by atoms with Crippen molar-refractivity contribution in [3.63, 3.8) is 0 Å². The molecule has 0 amide bonds. The number of carboxylic acid groups (broad SMARTS) is 1. The third-order valence-electron chi connectivity index (χ3n) is 15.5. The van der Waals surface area contributed by atoms with Crippen LogP contribution in [0.2, 0.25) is 0 Å². The third-order valence-corrected chi connectivity index (χ3v) is 15.5. The molecule has 13 atom stereocenters. The molecule has 236 valence electrons. The van der Waals surface area contributed by atoms with Crippen molar-refractivity contribution in [1.82, 2.24) is 4.90 Å². The Balaban J connectivity index is 1.04. The van der Waals surface area contributed by atoms with Gasteiger partial charge in [-0.25, -0.2) is 4.79 Å². The zero-order valence-electron chi connectivity index (χ0n) is 26.3. The Kier molecular flexibility index (Phi) is 6.25. The Bertz CT molecular complexity index is 1130. The number of aliphatic hydroxyl groups is 1. The Labute approximate surface area is 251 Å². The van der Waals surface area contributed by atoms with Crippen molar-refractivity contribution >= 4 is 5.97 Å². The molecule has 0 bridgehead atoms. The number of carbonyl (C=O) groups is 1. The molecule has 2 N–H and O–H groups in total. The molecule has 42 heavy (non-hydrogen) atoms. The molecule has 0 radical (unpaired) electrons. The molecule has 2 spiro atoms. The fourth-order valence-corrected chi connectivity index (χ4v) is 13.3. The minimum atomic E-state index is -0.889. The highest BCUT2D eigenvalue weighted by atomic mass is 16.7. The molecular formula is C34H53NO7. The van der Waals surface area contributed by atoms with Gasteiger partial charge in [0.2, 0.25) is 0 Å². The number of nitrogens with zero attached hydrogens (tertiary/aromatic N) is 1. The second-order valence-corrected chi connectivity index (χ2v) is 17.0. The van der Waals surface area contributed by atoms with Crippen LogP contribution in [0.1, 0.15) is 86.0 Å². The number of carboxylic acids is 1. The maximum atomic E-state index is 12.2. The van der Waals surface area contributed by atoms with E-state index in [2.05, 4.69) is 39.5 Å². The summed E-state index contributed by atoms with van der Waals surface area (Å²) < 4.78 is 24.7. The van der Waals surface area contributed by atoms with Crippen LogP contribution in [0.25, 0.3) is 0 Å². The quantitative estimate of drug-likeness (QED) is 0.502. The maximum absolute atomic E-state index is 12.2. The van der Waals surface area contributed by atoms with Crippen molar-refractivity contribution in [3.8, 4) is 0 Å². The van der Waals surface area contributed by atoms with E-state index in [1.54, 1.807) is 0 Å². The first-order valence-electron chi connectivity index (χ1n) is 17.0. The van der Waals surface area contributed by atoms with Gasteiger partial charge in [-0.15, -0.1) is 0 Å². The lowest BCUT2D eigenvalue weighted by Crippen LogP contribution is -2.60.